The van der Waals surface area contributed by atoms with E-state index in [1.165, 1.54) is 0 Å². The van der Waals surface area contributed by atoms with Crippen LogP contribution in [0, 0.1) is 10.7 Å². The molecule has 124 valence electrons. The molecule has 0 saturated carbocycles. The quantitative estimate of drug-likeness (QED) is 0.698. The lowest BCUT2D eigenvalue weighted by Crippen LogP contribution is -2.28. The summed E-state index contributed by atoms with van der Waals surface area (Å²) >= 11 is 7.02. The number of H-pyrrole nitrogens is 1. The van der Waals surface area contributed by atoms with Crippen LogP contribution < -0.4 is 5.56 Å². The fourth-order valence-corrected chi connectivity index (χ4v) is 4.70. The molecule has 0 saturated heterocycles. The minimum Gasteiger partial charge on any atom is -0.372 e. The van der Waals surface area contributed by atoms with E-state index in [0.717, 1.165) is 32.8 Å². The average molecular weight is 358 g/mol. The van der Waals surface area contributed by atoms with Crippen LogP contribution in [-0.2, 0) is 17.8 Å². The molecule has 24 heavy (non-hydrogen) atoms. The van der Waals surface area contributed by atoms with E-state index in [1.807, 2.05) is 30.3 Å². The van der Waals surface area contributed by atoms with Gasteiger partial charge in [-0.2, -0.15) is 0 Å². The van der Waals surface area contributed by atoms with E-state index in [0.29, 0.717) is 17.3 Å². The van der Waals surface area contributed by atoms with Crippen molar-refractivity contribution in [1.29, 1.82) is 0 Å². The zero-order chi connectivity index (χ0) is 16.8. The minimum absolute atomic E-state index is 0.0399. The molecule has 0 bridgehead atoms. The number of nitrogens with zero attached hydrogens (tertiary/aromatic N) is 1. The van der Waals surface area contributed by atoms with Crippen molar-refractivity contribution < 1.29 is 4.74 Å². The van der Waals surface area contributed by atoms with Crippen LogP contribution in [0.2, 0.25) is 0 Å². The number of para-hydroxylation sites is 1. The summed E-state index contributed by atoms with van der Waals surface area (Å²) in [5.74, 6) is 0.423. The van der Waals surface area contributed by atoms with Gasteiger partial charge in [0.1, 0.15) is 4.83 Å². The first-order valence-electron chi connectivity index (χ1n) is 8.03. The molecule has 1 aliphatic rings. The highest BCUT2D eigenvalue weighted by Gasteiger charge is 2.27. The van der Waals surface area contributed by atoms with Crippen molar-refractivity contribution in [3.8, 4) is 5.69 Å². The Labute approximate surface area is 148 Å². The Balaban J connectivity index is 1.98. The molecule has 1 N–H and O–H groups in total. The Hall–Kier alpha value is -1.76. The van der Waals surface area contributed by atoms with Crippen molar-refractivity contribution in [2.24, 2.45) is 5.92 Å². The van der Waals surface area contributed by atoms with Gasteiger partial charge < -0.3 is 9.72 Å². The zero-order valence-electron chi connectivity index (χ0n) is 13.5. The van der Waals surface area contributed by atoms with Gasteiger partial charge in [0.2, 0.25) is 0 Å². The number of thiophene rings is 1. The standard InChI is InChI=1S/C18H18N2O2S2/c1-10(2)13-8-12-14(9-22-13)24-16-15(12)17(21)20(18(23)19-16)11-6-4-3-5-7-11/h3-7,10,13H,8-9H2,1-2H3,(H,19,23)/t13-/m0/s1. The van der Waals surface area contributed by atoms with Crippen molar-refractivity contribution in [2.75, 3.05) is 0 Å². The Bertz CT molecular complexity index is 1020. The highest BCUT2D eigenvalue weighted by Crippen LogP contribution is 2.35. The van der Waals surface area contributed by atoms with Crippen LogP contribution in [0.15, 0.2) is 35.1 Å². The van der Waals surface area contributed by atoms with E-state index in [-0.39, 0.29) is 11.7 Å². The highest BCUT2D eigenvalue weighted by atomic mass is 32.1. The first-order chi connectivity index (χ1) is 11.6. The number of hydrogen-bond acceptors (Lipinski definition) is 4. The molecule has 0 aliphatic carbocycles. The maximum Gasteiger partial charge on any atom is 0.267 e. The van der Waals surface area contributed by atoms with E-state index >= 15 is 0 Å². The van der Waals surface area contributed by atoms with E-state index in [9.17, 15) is 4.79 Å². The molecule has 3 heterocycles. The average Bonchev–Trinajstić information content (AvgIpc) is 2.93. The molecule has 6 heteroatoms. The fourth-order valence-electron chi connectivity index (χ4n) is 3.20. The molecule has 1 aliphatic heterocycles. The highest BCUT2D eigenvalue weighted by molar-refractivity contribution is 7.71. The van der Waals surface area contributed by atoms with Crippen LogP contribution >= 0.6 is 23.6 Å². The zero-order valence-corrected chi connectivity index (χ0v) is 15.2. The second-order valence-electron chi connectivity index (χ2n) is 6.41. The van der Waals surface area contributed by atoms with Gasteiger partial charge in [-0.25, -0.2) is 0 Å². The summed E-state index contributed by atoms with van der Waals surface area (Å²) in [5, 5.41) is 0.765. The lowest BCUT2D eigenvalue weighted by atomic mass is 9.96. The van der Waals surface area contributed by atoms with Gasteiger partial charge in [-0.05, 0) is 35.8 Å². The second kappa shape index (κ2) is 5.95. The van der Waals surface area contributed by atoms with Crippen molar-refractivity contribution in [3.05, 3.63) is 55.9 Å². The van der Waals surface area contributed by atoms with Crippen molar-refractivity contribution >= 4 is 33.8 Å². The number of aromatic nitrogens is 2. The van der Waals surface area contributed by atoms with Crippen LogP contribution in [0.1, 0.15) is 24.3 Å². The predicted molar refractivity (Wildman–Crippen MR) is 99.7 cm³/mol. The maximum atomic E-state index is 13.2. The molecule has 3 aromatic rings. The molecule has 0 spiro atoms. The number of benzene rings is 1. The molecule has 4 nitrogen and oxygen atoms in total. The summed E-state index contributed by atoms with van der Waals surface area (Å²) in [6.07, 6.45) is 0.935. The third kappa shape index (κ3) is 2.46. The van der Waals surface area contributed by atoms with Crippen LogP contribution in [0.3, 0.4) is 0 Å². The largest absolute Gasteiger partial charge is 0.372 e. The van der Waals surface area contributed by atoms with E-state index < -0.39 is 0 Å². The SMILES string of the molecule is CC(C)[C@@H]1Cc2c(sc3[nH]c(=S)n(-c4ccccc4)c(=O)c23)CO1. The van der Waals surface area contributed by atoms with Crippen molar-refractivity contribution in [1.82, 2.24) is 9.55 Å². The molecular formula is C18H18N2O2S2. The molecule has 0 fully saturated rings. The fraction of sp³-hybridized carbons (Fsp3) is 0.333. The summed E-state index contributed by atoms with van der Waals surface area (Å²) in [4.78, 5) is 18.4. The monoisotopic (exact) mass is 358 g/mol. The van der Waals surface area contributed by atoms with E-state index in [4.69, 9.17) is 17.0 Å². The summed E-state index contributed by atoms with van der Waals surface area (Å²) in [7, 11) is 0. The van der Waals surface area contributed by atoms with Gasteiger partial charge >= 0.3 is 0 Å². The third-order valence-electron chi connectivity index (χ3n) is 4.52. The van der Waals surface area contributed by atoms with Crippen molar-refractivity contribution in [3.63, 3.8) is 0 Å². The van der Waals surface area contributed by atoms with Crippen molar-refractivity contribution in [2.45, 2.75) is 33.0 Å². The molecule has 1 atom stereocenters. The Kier molecular flexibility index (Phi) is 3.90. The smallest absolute Gasteiger partial charge is 0.267 e. The van der Waals surface area contributed by atoms with Crippen LogP contribution in [-0.4, -0.2) is 15.7 Å². The van der Waals surface area contributed by atoms with Crippen LogP contribution in [0.4, 0.5) is 0 Å². The maximum absolute atomic E-state index is 13.2. The summed E-state index contributed by atoms with van der Waals surface area (Å²) in [6, 6.07) is 9.54. The minimum atomic E-state index is -0.0399. The Morgan fingerprint density at radius 1 is 1.33 bits per heavy atom. The Morgan fingerprint density at radius 3 is 2.79 bits per heavy atom. The van der Waals surface area contributed by atoms with Crippen LogP contribution in [0.25, 0.3) is 15.9 Å². The summed E-state index contributed by atoms with van der Waals surface area (Å²) < 4.78 is 7.96. The summed E-state index contributed by atoms with van der Waals surface area (Å²) in [6.45, 7) is 4.88. The normalized spacial score (nSPS) is 17.4. The molecule has 0 unspecified atom stereocenters. The van der Waals surface area contributed by atoms with Gasteiger partial charge in [0.15, 0.2) is 4.77 Å². The molecule has 0 radical (unpaired) electrons. The molecular weight excluding hydrogens is 340 g/mol. The number of rotatable bonds is 2. The second-order valence-corrected chi connectivity index (χ2v) is 7.90. The van der Waals surface area contributed by atoms with E-state index in [1.54, 1.807) is 15.9 Å². The van der Waals surface area contributed by atoms with Gasteiger partial charge in [0.05, 0.1) is 23.8 Å². The summed E-state index contributed by atoms with van der Waals surface area (Å²) in [5.41, 5.74) is 1.88. The molecule has 0 amide bonds. The molecule has 1 aromatic carbocycles. The number of hydrogen-bond donors (Lipinski definition) is 1. The van der Waals surface area contributed by atoms with Gasteiger partial charge in [-0.1, -0.05) is 32.0 Å². The first-order valence-corrected chi connectivity index (χ1v) is 9.25. The number of ether oxygens (including phenoxy) is 1. The number of nitrogens with one attached hydrogen (secondary N) is 1. The van der Waals surface area contributed by atoms with Crippen LogP contribution in [0.5, 0.6) is 0 Å². The number of fused-ring (bicyclic) bond motifs is 3. The first kappa shape index (κ1) is 15.7. The lowest BCUT2D eigenvalue weighted by Gasteiger charge is -2.26. The lowest BCUT2D eigenvalue weighted by molar-refractivity contribution is 0.00200. The van der Waals surface area contributed by atoms with Gasteiger partial charge in [0.25, 0.3) is 5.56 Å². The van der Waals surface area contributed by atoms with Gasteiger partial charge in [-0.3, -0.25) is 9.36 Å². The Morgan fingerprint density at radius 2 is 2.08 bits per heavy atom. The topological polar surface area (TPSA) is 47.0 Å². The van der Waals surface area contributed by atoms with Gasteiger partial charge in [0, 0.05) is 11.3 Å². The molecule has 2 aromatic heterocycles. The third-order valence-corrected chi connectivity index (χ3v) is 5.93. The predicted octanol–water partition coefficient (Wildman–Crippen LogP) is 4.21. The van der Waals surface area contributed by atoms with E-state index in [2.05, 4.69) is 18.8 Å². The molecule has 4 rings (SSSR count). The number of aromatic amines is 1. The van der Waals surface area contributed by atoms with Gasteiger partial charge in [-0.15, -0.1) is 11.3 Å².